The quantitative estimate of drug-likeness (QED) is 0.134. The van der Waals surface area contributed by atoms with E-state index in [4.69, 9.17) is 29.9 Å². The van der Waals surface area contributed by atoms with Gasteiger partial charge in [0.25, 0.3) is 0 Å². The number of carbonyl (C=O) groups is 4. The van der Waals surface area contributed by atoms with E-state index in [1.54, 1.807) is 0 Å². The summed E-state index contributed by atoms with van der Waals surface area (Å²) >= 11 is 0. The highest BCUT2D eigenvalue weighted by Crippen LogP contribution is 2.16. The molecule has 0 aliphatic carbocycles. The smallest absolute Gasteiger partial charge is 0.332 e. The van der Waals surface area contributed by atoms with E-state index in [2.05, 4.69) is 9.80 Å². The molecule has 0 aromatic carbocycles. The standard InChI is InChI=1S/2C15H25NO5/c2*1-12(14(17)18)13(15(19)20)6-4-2-3-5-7-16-8-10-21-11-9-16/h2*2-11H2,1H3,(H,17,18)(H,19,20). The monoisotopic (exact) mass is 598 g/mol. The second kappa shape index (κ2) is 21.8. The molecular formula is C30H50N2O10. The second-order valence-corrected chi connectivity index (χ2v) is 10.7. The van der Waals surface area contributed by atoms with Crippen molar-refractivity contribution in [3.63, 3.8) is 0 Å². The van der Waals surface area contributed by atoms with Crippen LogP contribution >= 0.6 is 0 Å². The van der Waals surface area contributed by atoms with E-state index in [0.717, 1.165) is 117 Å². The molecule has 42 heavy (non-hydrogen) atoms. The molecule has 12 heteroatoms. The van der Waals surface area contributed by atoms with Crippen LogP contribution in [0.5, 0.6) is 0 Å². The summed E-state index contributed by atoms with van der Waals surface area (Å²) in [5.74, 6) is -4.55. The number of rotatable bonds is 18. The van der Waals surface area contributed by atoms with E-state index < -0.39 is 23.9 Å². The first-order chi connectivity index (χ1) is 20.0. The summed E-state index contributed by atoms with van der Waals surface area (Å²) in [7, 11) is 0. The van der Waals surface area contributed by atoms with Crippen LogP contribution in [0.1, 0.15) is 78.1 Å². The average molecular weight is 599 g/mol. The number of hydrogen-bond acceptors (Lipinski definition) is 8. The summed E-state index contributed by atoms with van der Waals surface area (Å²) in [6, 6.07) is 0. The van der Waals surface area contributed by atoms with Crippen LogP contribution in [0.4, 0.5) is 0 Å². The lowest BCUT2D eigenvalue weighted by molar-refractivity contribution is -0.136. The van der Waals surface area contributed by atoms with Crippen LogP contribution in [0.3, 0.4) is 0 Å². The molecule has 2 heterocycles. The van der Waals surface area contributed by atoms with E-state index in [0.29, 0.717) is 12.8 Å². The number of carboxylic acid groups (broad SMARTS) is 4. The van der Waals surface area contributed by atoms with Gasteiger partial charge in [0, 0.05) is 48.5 Å². The first kappa shape index (κ1) is 37.2. The summed E-state index contributed by atoms with van der Waals surface area (Å²) < 4.78 is 10.6. The van der Waals surface area contributed by atoms with E-state index in [1.165, 1.54) is 13.8 Å². The Kier molecular flexibility index (Phi) is 19.4. The fourth-order valence-electron chi connectivity index (χ4n) is 4.80. The second-order valence-electron chi connectivity index (χ2n) is 10.7. The van der Waals surface area contributed by atoms with Crippen LogP contribution in [-0.2, 0) is 28.7 Å². The molecule has 0 saturated carbocycles. The number of hydrogen-bond donors (Lipinski definition) is 4. The minimum absolute atomic E-state index is 0.0238. The Morgan fingerprint density at radius 3 is 1.10 bits per heavy atom. The van der Waals surface area contributed by atoms with Gasteiger partial charge >= 0.3 is 23.9 Å². The Morgan fingerprint density at radius 1 is 0.500 bits per heavy atom. The third kappa shape index (κ3) is 16.0. The van der Waals surface area contributed by atoms with Crippen LogP contribution in [0, 0.1) is 0 Å². The van der Waals surface area contributed by atoms with Crippen molar-refractivity contribution in [1.29, 1.82) is 0 Å². The molecule has 0 radical (unpaired) electrons. The lowest BCUT2D eigenvalue weighted by Crippen LogP contribution is -2.36. The van der Waals surface area contributed by atoms with Gasteiger partial charge in [0.1, 0.15) is 0 Å². The highest BCUT2D eigenvalue weighted by molar-refractivity contribution is 5.98. The third-order valence-electron chi connectivity index (χ3n) is 7.57. The predicted molar refractivity (Wildman–Crippen MR) is 157 cm³/mol. The normalized spacial score (nSPS) is 17.4. The molecule has 4 N–H and O–H groups in total. The van der Waals surface area contributed by atoms with Gasteiger partial charge in [0.2, 0.25) is 0 Å². The lowest BCUT2D eigenvalue weighted by Gasteiger charge is -2.26. The zero-order valence-electron chi connectivity index (χ0n) is 25.3. The largest absolute Gasteiger partial charge is 0.478 e. The minimum Gasteiger partial charge on any atom is -0.478 e. The summed E-state index contributed by atoms with van der Waals surface area (Å²) in [6.07, 6.45) is 8.18. The third-order valence-corrected chi connectivity index (χ3v) is 7.57. The average Bonchev–Trinajstić information content (AvgIpc) is 2.96. The Hall–Kier alpha value is -2.80. The number of carboxylic acids is 4. The molecule has 2 rings (SSSR count). The SMILES string of the molecule is CC(C(=O)O)=C(CCCCCCN1CCOCC1)C(=O)O.CC(C(=O)O)=C(CCCCCCN1CCOCC1)C(=O)O. The molecule has 2 aliphatic rings. The Bertz CT molecular complexity index is 845. The lowest BCUT2D eigenvalue weighted by atomic mass is 10.0. The molecule has 12 nitrogen and oxygen atoms in total. The maximum Gasteiger partial charge on any atom is 0.332 e. The van der Waals surface area contributed by atoms with E-state index in [-0.39, 0.29) is 22.3 Å². The van der Waals surface area contributed by atoms with Crippen LogP contribution < -0.4 is 0 Å². The molecule has 0 aromatic heterocycles. The van der Waals surface area contributed by atoms with Gasteiger partial charge < -0.3 is 29.9 Å². The molecule has 0 spiro atoms. The van der Waals surface area contributed by atoms with Crippen molar-refractivity contribution < 1.29 is 49.1 Å². The van der Waals surface area contributed by atoms with Crippen molar-refractivity contribution >= 4 is 23.9 Å². The van der Waals surface area contributed by atoms with E-state index >= 15 is 0 Å². The van der Waals surface area contributed by atoms with Crippen LogP contribution in [0.2, 0.25) is 0 Å². The fourth-order valence-corrected chi connectivity index (χ4v) is 4.80. The summed E-state index contributed by atoms with van der Waals surface area (Å²) in [5.41, 5.74) is -0.0713. The summed E-state index contributed by atoms with van der Waals surface area (Å²) in [5, 5.41) is 35.8. The van der Waals surface area contributed by atoms with Crippen molar-refractivity contribution in [1.82, 2.24) is 9.80 Å². The van der Waals surface area contributed by atoms with Crippen LogP contribution in [0.25, 0.3) is 0 Å². The van der Waals surface area contributed by atoms with Gasteiger partial charge in [-0.1, -0.05) is 25.7 Å². The maximum absolute atomic E-state index is 11.0. The molecule has 0 unspecified atom stereocenters. The van der Waals surface area contributed by atoms with Gasteiger partial charge in [0.15, 0.2) is 0 Å². The van der Waals surface area contributed by atoms with Crippen molar-refractivity contribution in [2.75, 3.05) is 65.7 Å². The van der Waals surface area contributed by atoms with Gasteiger partial charge in [-0.2, -0.15) is 0 Å². The highest BCUT2D eigenvalue weighted by Gasteiger charge is 2.17. The van der Waals surface area contributed by atoms with Gasteiger partial charge in [-0.25, -0.2) is 19.2 Å². The zero-order chi connectivity index (χ0) is 31.3. The van der Waals surface area contributed by atoms with Crippen molar-refractivity contribution in [2.45, 2.75) is 78.1 Å². The molecular weight excluding hydrogens is 548 g/mol. The Balaban J connectivity index is 0.000000420. The molecule has 2 saturated heterocycles. The summed E-state index contributed by atoms with van der Waals surface area (Å²) in [4.78, 5) is 48.5. The molecule has 0 aromatic rings. The van der Waals surface area contributed by atoms with Crippen LogP contribution in [-0.4, -0.2) is 120 Å². The number of ether oxygens (including phenoxy) is 2. The summed E-state index contributed by atoms with van der Waals surface area (Å²) in [6.45, 7) is 12.0. The molecule has 0 bridgehead atoms. The Labute approximate surface area is 249 Å². The number of nitrogens with zero attached hydrogens (tertiary/aromatic N) is 2. The van der Waals surface area contributed by atoms with Crippen LogP contribution in [0.15, 0.2) is 22.3 Å². The maximum atomic E-state index is 11.0. The Morgan fingerprint density at radius 2 is 0.810 bits per heavy atom. The van der Waals surface area contributed by atoms with Crippen molar-refractivity contribution in [3.05, 3.63) is 22.3 Å². The molecule has 2 fully saturated rings. The van der Waals surface area contributed by atoms with Gasteiger partial charge in [-0.05, 0) is 65.5 Å². The topological polar surface area (TPSA) is 174 Å². The fraction of sp³-hybridized carbons (Fsp3) is 0.733. The molecule has 0 atom stereocenters. The first-order valence-corrected chi connectivity index (χ1v) is 15.0. The molecule has 240 valence electrons. The number of morpholine rings is 2. The number of aliphatic carboxylic acids is 4. The minimum atomic E-state index is -1.15. The highest BCUT2D eigenvalue weighted by atomic mass is 16.5. The first-order valence-electron chi connectivity index (χ1n) is 15.0. The van der Waals surface area contributed by atoms with Gasteiger partial charge in [0.05, 0.1) is 26.4 Å². The van der Waals surface area contributed by atoms with Crippen molar-refractivity contribution in [2.24, 2.45) is 0 Å². The van der Waals surface area contributed by atoms with E-state index in [1.807, 2.05) is 0 Å². The predicted octanol–water partition coefficient (Wildman–Crippen LogP) is 3.51. The zero-order valence-corrected chi connectivity index (χ0v) is 25.3. The number of unbranched alkanes of at least 4 members (excludes halogenated alkanes) is 6. The molecule has 2 aliphatic heterocycles. The van der Waals surface area contributed by atoms with Gasteiger partial charge in [-0.15, -0.1) is 0 Å². The van der Waals surface area contributed by atoms with E-state index in [9.17, 15) is 19.2 Å². The molecule has 0 amide bonds. The van der Waals surface area contributed by atoms with Crippen molar-refractivity contribution in [3.8, 4) is 0 Å². The van der Waals surface area contributed by atoms with Gasteiger partial charge in [-0.3, -0.25) is 9.80 Å².